The Morgan fingerprint density at radius 3 is 2.78 bits per heavy atom. The van der Waals surface area contributed by atoms with Gasteiger partial charge in [-0.25, -0.2) is 4.98 Å². The minimum atomic E-state index is 0.581. The molecule has 0 aliphatic rings. The first-order valence-electron chi connectivity index (χ1n) is 5.51. The van der Waals surface area contributed by atoms with Crippen LogP contribution in [0, 0.1) is 18.3 Å². The molecule has 90 valence electrons. The Labute approximate surface area is 106 Å². The first-order chi connectivity index (χ1) is 8.72. The molecule has 0 atom stereocenters. The van der Waals surface area contributed by atoms with Crippen LogP contribution in [0.2, 0.25) is 0 Å². The van der Waals surface area contributed by atoms with Gasteiger partial charge in [0.05, 0.1) is 18.7 Å². The summed E-state index contributed by atoms with van der Waals surface area (Å²) in [7, 11) is 1.65. The Hall–Kier alpha value is -2.54. The van der Waals surface area contributed by atoms with Gasteiger partial charge < -0.3 is 10.1 Å². The van der Waals surface area contributed by atoms with Crippen molar-refractivity contribution in [1.29, 1.82) is 5.26 Å². The molecule has 2 aromatic rings. The maximum absolute atomic E-state index is 8.82. The molecule has 0 saturated heterocycles. The summed E-state index contributed by atoms with van der Waals surface area (Å²) >= 11 is 0. The van der Waals surface area contributed by atoms with Crippen LogP contribution in [0.4, 0.5) is 11.5 Å². The molecule has 0 saturated carbocycles. The summed E-state index contributed by atoms with van der Waals surface area (Å²) < 4.78 is 5.20. The van der Waals surface area contributed by atoms with Gasteiger partial charge in [0.2, 0.25) is 0 Å². The van der Waals surface area contributed by atoms with Crippen molar-refractivity contribution in [2.24, 2.45) is 0 Å². The number of aromatic nitrogens is 1. The lowest BCUT2D eigenvalue weighted by atomic mass is 10.2. The lowest BCUT2D eigenvalue weighted by Crippen LogP contribution is -1.95. The fourth-order valence-corrected chi connectivity index (χ4v) is 1.67. The molecule has 0 amide bonds. The smallest absolute Gasteiger partial charge is 0.131 e. The molecule has 2 rings (SSSR count). The number of benzene rings is 1. The zero-order valence-corrected chi connectivity index (χ0v) is 10.3. The third-order valence-electron chi connectivity index (χ3n) is 2.56. The normalized spacial score (nSPS) is 9.61. The number of nitriles is 1. The first-order valence-corrected chi connectivity index (χ1v) is 5.51. The van der Waals surface area contributed by atoms with E-state index in [0.717, 1.165) is 17.0 Å². The van der Waals surface area contributed by atoms with Crippen molar-refractivity contribution in [3.63, 3.8) is 0 Å². The van der Waals surface area contributed by atoms with Crippen LogP contribution in [0.5, 0.6) is 5.75 Å². The number of ether oxygens (including phenoxy) is 1. The number of rotatable bonds is 3. The maximum atomic E-state index is 8.82. The van der Waals surface area contributed by atoms with E-state index in [9.17, 15) is 0 Å². The highest BCUT2D eigenvalue weighted by molar-refractivity contribution is 5.60. The number of aryl methyl sites for hydroxylation is 1. The van der Waals surface area contributed by atoms with E-state index in [1.165, 1.54) is 0 Å². The van der Waals surface area contributed by atoms with Gasteiger partial charge in [-0.05, 0) is 42.8 Å². The van der Waals surface area contributed by atoms with Gasteiger partial charge in [-0.1, -0.05) is 0 Å². The molecule has 0 radical (unpaired) electrons. The summed E-state index contributed by atoms with van der Waals surface area (Å²) in [5.74, 6) is 1.50. The van der Waals surface area contributed by atoms with Gasteiger partial charge in [-0.3, -0.25) is 0 Å². The average Bonchev–Trinajstić information content (AvgIpc) is 2.39. The fraction of sp³-hybridized carbons (Fsp3) is 0.143. The van der Waals surface area contributed by atoms with E-state index in [2.05, 4.69) is 16.4 Å². The van der Waals surface area contributed by atoms with Crippen LogP contribution < -0.4 is 10.1 Å². The third kappa shape index (κ3) is 2.58. The van der Waals surface area contributed by atoms with Crippen molar-refractivity contribution in [3.05, 3.63) is 47.7 Å². The molecule has 0 fully saturated rings. The minimum absolute atomic E-state index is 0.581. The first kappa shape index (κ1) is 11.9. The molecule has 0 aliphatic heterocycles. The molecule has 4 nitrogen and oxygen atoms in total. The topological polar surface area (TPSA) is 57.9 Å². The van der Waals surface area contributed by atoms with E-state index >= 15 is 0 Å². The Balaban J connectivity index is 2.23. The van der Waals surface area contributed by atoms with Crippen molar-refractivity contribution < 1.29 is 4.74 Å². The van der Waals surface area contributed by atoms with Gasteiger partial charge >= 0.3 is 0 Å². The SMILES string of the molecule is COc1ccc(Nc2cc(C#N)ccn2)cc1C. The summed E-state index contributed by atoms with van der Waals surface area (Å²) in [6.45, 7) is 1.98. The molecule has 1 heterocycles. The summed E-state index contributed by atoms with van der Waals surface area (Å²) in [5.41, 5.74) is 2.53. The molecule has 0 bridgehead atoms. The van der Waals surface area contributed by atoms with Gasteiger partial charge in [0.1, 0.15) is 11.6 Å². The predicted octanol–water partition coefficient (Wildman–Crippen LogP) is 3.01. The van der Waals surface area contributed by atoms with Crippen LogP contribution in [0.3, 0.4) is 0 Å². The third-order valence-corrected chi connectivity index (χ3v) is 2.56. The minimum Gasteiger partial charge on any atom is -0.496 e. The van der Waals surface area contributed by atoms with E-state index < -0.39 is 0 Å². The van der Waals surface area contributed by atoms with Gasteiger partial charge in [0.15, 0.2) is 0 Å². The Kier molecular flexibility index (Phi) is 3.44. The quantitative estimate of drug-likeness (QED) is 0.894. The van der Waals surface area contributed by atoms with Crippen molar-refractivity contribution >= 4 is 11.5 Å². The molecule has 18 heavy (non-hydrogen) atoms. The Bertz CT molecular complexity index is 602. The van der Waals surface area contributed by atoms with Crippen LogP contribution in [0.15, 0.2) is 36.5 Å². The molecule has 1 aromatic carbocycles. The van der Waals surface area contributed by atoms with E-state index in [4.69, 9.17) is 10.00 Å². The largest absolute Gasteiger partial charge is 0.496 e. The maximum Gasteiger partial charge on any atom is 0.131 e. The summed E-state index contributed by atoms with van der Waals surface area (Å²) in [6.07, 6.45) is 1.61. The Morgan fingerprint density at radius 2 is 2.11 bits per heavy atom. The van der Waals surface area contributed by atoms with E-state index in [1.807, 2.05) is 25.1 Å². The van der Waals surface area contributed by atoms with Crippen molar-refractivity contribution in [1.82, 2.24) is 4.98 Å². The van der Waals surface area contributed by atoms with Gasteiger partial charge in [0.25, 0.3) is 0 Å². The zero-order valence-electron chi connectivity index (χ0n) is 10.3. The van der Waals surface area contributed by atoms with Gasteiger partial charge in [0, 0.05) is 11.9 Å². The van der Waals surface area contributed by atoms with Crippen LogP contribution >= 0.6 is 0 Å². The monoisotopic (exact) mass is 239 g/mol. The molecular weight excluding hydrogens is 226 g/mol. The van der Waals surface area contributed by atoms with Crippen molar-refractivity contribution in [2.75, 3.05) is 12.4 Å². The van der Waals surface area contributed by atoms with Crippen molar-refractivity contribution in [2.45, 2.75) is 6.92 Å². The number of hydrogen-bond acceptors (Lipinski definition) is 4. The number of pyridine rings is 1. The molecule has 1 N–H and O–H groups in total. The Morgan fingerprint density at radius 1 is 1.28 bits per heavy atom. The van der Waals surface area contributed by atoms with Gasteiger partial charge in [-0.15, -0.1) is 0 Å². The molecular formula is C14H13N3O. The van der Waals surface area contributed by atoms with Crippen LogP contribution in [0.25, 0.3) is 0 Å². The second-order valence-corrected chi connectivity index (χ2v) is 3.85. The van der Waals surface area contributed by atoms with Crippen LogP contribution in [0.1, 0.15) is 11.1 Å². The predicted molar refractivity (Wildman–Crippen MR) is 70.0 cm³/mol. The molecule has 4 heteroatoms. The van der Waals surface area contributed by atoms with E-state index in [0.29, 0.717) is 11.4 Å². The molecule has 1 aromatic heterocycles. The average molecular weight is 239 g/mol. The highest BCUT2D eigenvalue weighted by Crippen LogP contribution is 2.23. The number of nitrogens with zero attached hydrogens (tertiary/aromatic N) is 2. The van der Waals surface area contributed by atoms with E-state index in [1.54, 1.807) is 25.4 Å². The lowest BCUT2D eigenvalue weighted by Gasteiger charge is -2.09. The summed E-state index contributed by atoms with van der Waals surface area (Å²) in [4.78, 5) is 4.16. The molecule has 0 aliphatic carbocycles. The summed E-state index contributed by atoms with van der Waals surface area (Å²) in [5, 5.41) is 12.0. The number of hydrogen-bond donors (Lipinski definition) is 1. The lowest BCUT2D eigenvalue weighted by molar-refractivity contribution is 0.412. The molecule has 0 spiro atoms. The number of methoxy groups -OCH3 is 1. The van der Waals surface area contributed by atoms with Gasteiger partial charge in [-0.2, -0.15) is 5.26 Å². The standard InChI is InChI=1S/C14H13N3O/c1-10-7-12(3-4-13(10)18-2)17-14-8-11(9-15)5-6-16-14/h3-8H,1-2H3,(H,16,17). The number of nitrogens with one attached hydrogen (secondary N) is 1. The fourth-order valence-electron chi connectivity index (χ4n) is 1.67. The number of anilines is 2. The highest BCUT2D eigenvalue weighted by atomic mass is 16.5. The molecule has 0 unspecified atom stereocenters. The second kappa shape index (κ2) is 5.19. The summed E-state index contributed by atoms with van der Waals surface area (Å²) in [6, 6.07) is 11.2. The van der Waals surface area contributed by atoms with Crippen LogP contribution in [-0.2, 0) is 0 Å². The second-order valence-electron chi connectivity index (χ2n) is 3.85. The highest BCUT2D eigenvalue weighted by Gasteiger charge is 2.01. The van der Waals surface area contributed by atoms with Crippen molar-refractivity contribution in [3.8, 4) is 11.8 Å². The zero-order chi connectivity index (χ0) is 13.0. The van der Waals surface area contributed by atoms with E-state index in [-0.39, 0.29) is 0 Å². The van der Waals surface area contributed by atoms with Crippen LogP contribution in [-0.4, -0.2) is 12.1 Å².